The van der Waals surface area contributed by atoms with Crippen molar-refractivity contribution in [3.63, 3.8) is 0 Å². The Morgan fingerprint density at radius 1 is 1.11 bits per heavy atom. The predicted molar refractivity (Wildman–Crippen MR) is 66.8 cm³/mol. The molecule has 0 radical (unpaired) electrons. The zero-order chi connectivity index (χ0) is 13.8. The molecular weight excluding hydrogens is 252 g/mol. The van der Waals surface area contributed by atoms with Crippen molar-refractivity contribution >= 4 is 11.7 Å². The Hall–Kier alpha value is -2.43. The summed E-state index contributed by atoms with van der Waals surface area (Å²) in [5.41, 5.74) is 0.273. The van der Waals surface area contributed by atoms with Gasteiger partial charge in [0.25, 0.3) is 0 Å². The van der Waals surface area contributed by atoms with Gasteiger partial charge < -0.3 is 10.4 Å². The highest BCUT2D eigenvalue weighted by Crippen LogP contribution is 2.22. The van der Waals surface area contributed by atoms with Crippen LogP contribution in [0.3, 0.4) is 0 Å². The van der Waals surface area contributed by atoms with Crippen LogP contribution in [0.4, 0.5) is 14.5 Å². The SMILES string of the molecule is O=C(O)C(Nc1ccccc1F)c1cccc(F)c1. The third-order valence-corrected chi connectivity index (χ3v) is 2.60. The molecule has 0 heterocycles. The number of halogens is 2. The number of para-hydroxylation sites is 1. The summed E-state index contributed by atoms with van der Waals surface area (Å²) in [6.07, 6.45) is 0. The van der Waals surface area contributed by atoms with E-state index in [9.17, 15) is 13.6 Å². The summed E-state index contributed by atoms with van der Waals surface area (Å²) in [5.74, 6) is -2.32. The van der Waals surface area contributed by atoms with Gasteiger partial charge in [-0.2, -0.15) is 0 Å². The van der Waals surface area contributed by atoms with Gasteiger partial charge in [-0.3, -0.25) is 0 Å². The van der Waals surface area contributed by atoms with Gasteiger partial charge in [0.1, 0.15) is 11.6 Å². The van der Waals surface area contributed by atoms with Gasteiger partial charge in [-0.15, -0.1) is 0 Å². The van der Waals surface area contributed by atoms with Crippen LogP contribution in [0.1, 0.15) is 11.6 Å². The van der Waals surface area contributed by atoms with Crippen molar-refractivity contribution in [3.8, 4) is 0 Å². The van der Waals surface area contributed by atoms with Crippen molar-refractivity contribution in [1.29, 1.82) is 0 Å². The molecule has 0 spiro atoms. The van der Waals surface area contributed by atoms with Crippen LogP contribution in [0.25, 0.3) is 0 Å². The highest BCUT2D eigenvalue weighted by atomic mass is 19.1. The maximum Gasteiger partial charge on any atom is 0.330 e. The van der Waals surface area contributed by atoms with E-state index in [1.54, 1.807) is 6.07 Å². The van der Waals surface area contributed by atoms with Crippen molar-refractivity contribution in [2.24, 2.45) is 0 Å². The molecule has 98 valence electrons. The van der Waals surface area contributed by atoms with E-state index in [1.165, 1.54) is 36.4 Å². The van der Waals surface area contributed by atoms with Crippen LogP contribution in [0.2, 0.25) is 0 Å². The van der Waals surface area contributed by atoms with Gasteiger partial charge >= 0.3 is 5.97 Å². The first-order chi connectivity index (χ1) is 9.08. The second kappa shape index (κ2) is 5.48. The highest BCUT2D eigenvalue weighted by Gasteiger charge is 2.21. The van der Waals surface area contributed by atoms with Gasteiger partial charge in [0, 0.05) is 0 Å². The fraction of sp³-hybridized carbons (Fsp3) is 0.0714. The molecule has 5 heteroatoms. The van der Waals surface area contributed by atoms with Crippen molar-refractivity contribution in [2.75, 3.05) is 5.32 Å². The summed E-state index contributed by atoms with van der Waals surface area (Å²) in [5, 5.41) is 11.7. The standard InChI is InChI=1S/C14H11F2NO2/c15-10-5-3-4-9(8-10)13(14(18)19)17-12-7-2-1-6-11(12)16/h1-8,13,17H,(H,18,19). The number of rotatable bonds is 4. The molecule has 2 aromatic carbocycles. The minimum Gasteiger partial charge on any atom is -0.479 e. The summed E-state index contributed by atoms with van der Waals surface area (Å²) in [7, 11) is 0. The largest absolute Gasteiger partial charge is 0.479 e. The number of nitrogens with one attached hydrogen (secondary N) is 1. The Kier molecular flexibility index (Phi) is 3.75. The lowest BCUT2D eigenvalue weighted by Crippen LogP contribution is -2.21. The van der Waals surface area contributed by atoms with E-state index in [-0.39, 0.29) is 11.3 Å². The first kappa shape index (κ1) is 13.0. The Balaban J connectivity index is 2.32. The van der Waals surface area contributed by atoms with Gasteiger partial charge in [-0.05, 0) is 29.8 Å². The van der Waals surface area contributed by atoms with Crippen LogP contribution in [-0.2, 0) is 4.79 Å². The Morgan fingerprint density at radius 2 is 1.84 bits per heavy atom. The third-order valence-electron chi connectivity index (χ3n) is 2.60. The van der Waals surface area contributed by atoms with Crippen LogP contribution in [-0.4, -0.2) is 11.1 Å². The first-order valence-electron chi connectivity index (χ1n) is 5.57. The lowest BCUT2D eigenvalue weighted by Gasteiger charge is -2.16. The summed E-state index contributed by atoms with van der Waals surface area (Å²) in [4.78, 5) is 11.2. The molecule has 3 nitrogen and oxygen atoms in total. The lowest BCUT2D eigenvalue weighted by atomic mass is 10.1. The molecule has 0 saturated heterocycles. The number of carbonyl (C=O) groups is 1. The fourth-order valence-electron chi connectivity index (χ4n) is 1.71. The minimum atomic E-state index is -1.22. The van der Waals surface area contributed by atoms with Gasteiger partial charge in [0.05, 0.1) is 5.69 Å². The molecule has 0 saturated carbocycles. The maximum absolute atomic E-state index is 13.5. The summed E-state index contributed by atoms with van der Waals surface area (Å²) in [6.45, 7) is 0. The second-order valence-electron chi connectivity index (χ2n) is 3.95. The van der Waals surface area contributed by atoms with E-state index in [2.05, 4.69) is 5.32 Å². The van der Waals surface area contributed by atoms with Crippen molar-refractivity contribution in [3.05, 3.63) is 65.7 Å². The average Bonchev–Trinajstić information content (AvgIpc) is 2.37. The summed E-state index contributed by atoms with van der Waals surface area (Å²) >= 11 is 0. The van der Waals surface area contributed by atoms with Gasteiger partial charge in [0.15, 0.2) is 6.04 Å². The summed E-state index contributed by atoms with van der Waals surface area (Å²) in [6, 6.07) is 9.69. The van der Waals surface area contributed by atoms with Crippen LogP contribution >= 0.6 is 0 Å². The number of benzene rings is 2. The molecule has 0 fully saturated rings. The first-order valence-corrected chi connectivity index (χ1v) is 5.57. The van der Waals surface area contributed by atoms with E-state index in [4.69, 9.17) is 5.11 Å². The zero-order valence-corrected chi connectivity index (χ0v) is 9.81. The zero-order valence-electron chi connectivity index (χ0n) is 9.81. The predicted octanol–water partition coefficient (Wildman–Crippen LogP) is 3.20. The van der Waals surface area contributed by atoms with Crippen molar-refractivity contribution in [1.82, 2.24) is 0 Å². The number of carboxylic acid groups (broad SMARTS) is 1. The van der Waals surface area contributed by atoms with Crippen molar-refractivity contribution in [2.45, 2.75) is 6.04 Å². The second-order valence-corrected chi connectivity index (χ2v) is 3.95. The van der Waals surface area contributed by atoms with E-state index in [1.807, 2.05) is 0 Å². The normalized spacial score (nSPS) is 11.9. The molecule has 0 aliphatic carbocycles. The van der Waals surface area contributed by atoms with E-state index in [0.29, 0.717) is 0 Å². The quantitative estimate of drug-likeness (QED) is 0.890. The van der Waals surface area contributed by atoms with Crippen LogP contribution in [0, 0.1) is 11.6 Å². The topological polar surface area (TPSA) is 49.3 Å². The average molecular weight is 263 g/mol. The number of aliphatic carboxylic acids is 1. The molecule has 0 aromatic heterocycles. The smallest absolute Gasteiger partial charge is 0.330 e. The van der Waals surface area contributed by atoms with Crippen LogP contribution < -0.4 is 5.32 Å². The molecule has 0 amide bonds. The Bertz CT molecular complexity index is 602. The molecule has 19 heavy (non-hydrogen) atoms. The number of hydrogen-bond acceptors (Lipinski definition) is 2. The molecule has 2 N–H and O–H groups in total. The monoisotopic (exact) mass is 263 g/mol. The van der Waals surface area contributed by atoms with Gasteiger partial charge in [-0.25, -0.2) is 13.6 Å². The van der Waals surface area contributed by atoms with Gasteiger partial charge in [-0.1, -0.05) is 24.3 Å². The fourth-order valence-corrected chi connectivity index (χ4v) is 1.71. The van der Waals surface area contributed by atoms with E-state index in [0.717, 1.165) is 6.07 Å². The Labute approximate surface area is 108 Å². The maximum atomic E-state index is 13.5. The number of hydrogen-bond donors (Lipinski definition) is 2. The molecule has 2 aromatic rings. The molecule has 0 aliphatic heterocycles. The molecule has 1 unspecified atom stereocenters. The Morgan fingerprint density at radius 3 is 2.47 bits per heavy atom. The number of anilines is 1. The van der Waals surface area contributed by atoms with Gasteiger partial charge in [0.2, 0.25) is 0 Å². The summed E-state index contributed by atoms with van der Waals surface area (Å²) < 4.78 is 26.6. The molecule has 2 rings (SSSR count). The molecule has 1 atom stereocenters. The molecular formula is C14H11F2NO2. The lowest BCUT2D eigenvalue weighted by molar-refractivity contribution is -0.138. The van der Waals surface area contributed by atoms with E-state index < -0.39 is 23.6 Å². The van der Waals surface area contributed by atoms with Crippen molar-refractivity contribution < 1.29 is 18.7 Å². The van der Waals surface area contributed by atoms with Crippen LogP contribution in [0.5, 0.6) is 0 Å². The molecule has 0 bridgehead atoms. The number of carboxylic acids is 1. The highest BCUT2D eigenvalue weighted by molar-refractivity contribution is 5.79. The minimum absolute atomic E-state index is 0.0548. The molecule has 0 aliphatic rings. The van der Waals surface area contributed by atoms with E-state index >= 15 is 0 Å². The van der Waals surface area contributed by atoms with Crippen LogP contribution in [0.15, 0.2) is 48.5 Å². The third kappa shape index (κ3) is 3.07.